The standard InChI is InChI=1S/C28H28N4O4S/c1-17-13-18(2)30-27(29-17)31-37(35,36)22-11-7-20(8-12-22)32-24(19-5-9-21(33)10-6-19)14-23-25(32)15-28(3,4)16-26(23)34/h5-14,33H,15-16H2,1-4H3,(H,29,30,31). The van der Waals surface area contributed by atoms with Crippen LogP contribution in [0.4, 0.5) is 5.95 Å². The van der Waals surface area contributed by atoms with Crippen LogP contribution in [0.1, 0.15) is 47.7 Å². The quantitative estimate of drug-likeness (QED) is 0.376. The predicted molar refractivity (Wildman–Crippen MR) is 142 cm³/mol. The number of fused-ring (bicyclic) bond motifs is 1. The van der Waals surface area contributed by atoms with Crippen molar-refractivity contribution in [2.75, 3.05) is 4.72 Å². The third-order valence-electron chi connectivity index (χ3n) is 6.46. The van der Waals surface area contributed by atoms with Gasteiger partial charge in [-0.15, -0.1) is 0 Å². The van der Waals surface area contributed by atoms with E-state index in [1.54, 1.807) is 56.3 Å². The molecule has 4 aromatic rings. The Morgan fingerprint density at radius 3 is 2.16 bits per heavy atom. The minimum Gasteiger partial charge on any atom is -0.508 e. The second-order valence-corrected chi connectivity index (χ2v) is 12.0. The zero-order chi connectivity index (χ0) is 26.5. The molecule has 8 nitrogen and oxygen atoms in total. The van der Waals surface area contributed by atoms with E-state index in [1.165, 1.54) is 12.1 Å². The number of phenols is 1. The zero-order valence-corrected chi connectivity index (χ0v) is 21.9. The van der Waals surface area contributed by atoms with Gasteiger partial charge >= 0.3 is 0 Å². The number of phenolic OH excluding ortho intramolecular Hbond substituents is 1. The average Bonchev–Trinajstić information content (AvgIpc) is 3.17. The maximum Gasteiger partial charge on any atom is 0.264 e. The van der Waals surface area contributed by atoms with Gasteiger partial charge in [0.25, 0.3) is 10.0 Å². The van der Waals surface area contributed by atoms with Gasteiger partial charge in [-0.2, -0.15) is 0 Å². The van der Waals surface area contributed by atoms with E-state index < -0.39 is 10.0 Å². The van der Waals surface area contributed by atoms with Gasteiger partial charge in [0, 0.05) is 34.8 Å². The van der Waals surface area contributed by atoms with Crippen molar-refractivity contribution in [3.8, 4) is 22.7 Å². The predicted octanol–water partition coefficient (Wildman–Crippen LogP) is 5.21. The van der Waals surface area contributed by atoms with Gasteiger partial charge in [-0.25, -0.2) is 23.1 Å². The number of ketones is 1. The summed E-state index contributed by atoms with van der Waals surface area (Å²) >= 11 is 0. The van der Waals surface area contributed by atoms with Crippen LogP contribution in [0.5, 0.6) is 5.75 Å². The Morgan fingerprint density at radius 2 is 1.54 bits per heavy atom. The number of rotatable bonds is 5. The number of hydrogen-bond donors (Lipinski definition) is 2. The van der Waals surface area contributed by atoms with Crippen molar-refractivity contribution in [3.63, 3.8) is 0 Å². The van der Waals surface area contributed by atoms with Crippen molar-refractivity contribution >= 4 is 21.8 Å². The zero-order valence-electron chi connectivity index (χ0n) is 21.1. The number of benzene rings is 2. The number of carbonyl (C=O) groups is 1. The van der Waals surface area contributed by atoms with Crippen LogP contribution in [0.15, 0.2) is 65.6 Å². The van der Waals surface area contributed by atoms with Crippen LogP contribution in [-0.4, -0.2) is 33.8 Å². The Morgan fingerprint density at radius 1 is 0.919 bits per heavy atom. The van der Waals surface area contributed by atoms with E-state index in [4.69, 9.17) is 0 Å². The Kier molecular flexibility index (Phi) is 5.91. The highest BCUT2D eigenvalue weighted by Gasteiger charge is 2.35. The number of aromatic nitrogens is 3. The van der Waals surface area contributed by atoms with E-state index in [-0.39, 0.29) is 27.8 Å². The van der Waals surface area contributed by atoms with Crippen molar-refractivity contribution in [2.24, 2.45) is 5.41 Å². The molecule has 0 bridgehead atoms. The van der Waals surface area contributed by atoms with E-state index in [0.717, 1.165) is 22.6 Å². The lowest BCUT2D eigenvalue weighted by molar-refractivity contribution is 0.0911. The summed E-state index contributed by atoms with van der Waals surface area (Å²) in [7, 11) is -3.91. The van der Waals surface area contributed by atoms with Gasteiger partial charge < -0.3 is 9.67 Å². The molecule has 0 aliphatic heterocycles. The summed E-state index contributed by atoms with van der Waals surface area (Å²) in [5.74, 6) is 0.261. The normalized spacial score (nSPS) is 14.9. The van der Waals surface area contributed by atoms with Crippen molar-refractivity contribution in [3.05, 3.63) is 83.3 Å². The van der Waals surface area contributed by atoms with Gasteiger partial charge in [-0.1, -0.05) is 13.8 Å². The number of carbonyl (C=O) groups excluding carboxylic acids is 1. The molecular weight excluding hydrogens is 488 g/mol. The van der Waals surface area contributed by atoms with Gasteiger partial charge in [0.1, 0.15) is 5.75 Å². The molecule has 2 N–H and O–H groups in total. The highest BCUT2D eigenvalue weighted by molar-refractivity contribution is 7.92. The third-order valence-corrected chi connectivity index (χ3v) is 7.81. The third kappa shape index (κ3) is 4.86. The van der Waals surface area contributed by atoms with Crippen molar-refractivity contribution in [1.82, 2.24) is 14.5 Å². The fourth-order valence-corrected chi connectivity index (χ4v) is 5.82. The molecule has 0 atom stereocenters. The first-order chi connectivity index (χ1) is 17.4. The van der Waals surface area contributed by atoms with E-state index in [9.17, 15) is 18.3 Å². The molecule has 1 aliphatic carbocycles. The van der Waals surface area contributed by atoms with E-state index >= 15 is 0 Å². The number of sulfonamides is 1. The van der Waals surface area contributed by atoms with Crippen LogP contribution in [-0.2, 0) is 16.4 Å². The molecule has 0 radical (unpaired) electrons. The van der Waals surface area contributed by atoms with Crippen LogP contribution in [0.25, 0.3) is 16.9 Å². The summed E-state index contributed by atoms with van der Waals surface area (Å²) < 4.78 is 30.5. The number of aryl methyl sites for hydroxylation is 2. The second kappa shape index (κ2) is 8.85. The molecule has 1 aliphatic rings. The number of hydrogen-bond acceptors (Lipinski definition) is 6. The number of Topliss-reactive ketones (excluding diaryl/α,β-unsaturated/α-hetero) is 1. The first-order valence-electron chi connectivity index (χ1n) is 11.9. The molecule has 9 heteroatoms. The summed E-state index contributed by atoms with van der Waals surface area (Å²) in [6, 6.07) is 17.0. The SMILES string of the molecule is Cc1cc(C)nc(NS(=O)(=O)c2ccc(-n3c(-c4ccc(O)cc4)cc4c3CC(C)(C)CC4=O)cc2)n1. The molecule has 0 amide bonds. The summed E-state index contributed by atoms with van der Waals surface area (Å²) in [5.41, 5.74) is 5.06. The lowest BCUT2D eigenvalue weighted by Gasteiger charge is -2.30. The summed E-state index contributed by atoms with van der Waals surface area (Å²) in [5, 5.41) is 9.77. The van der Waals surface area contributed by atoms with Crippen LogP contribution in [0, 0.1) is 19.3 Å². The molecule has 0 saturated heterocycles. The Bertz CT molecular complexity index is 1600. The fourth-order valence-electron chi connectivity index (χ4n) is 4.88. The van der Waals surface area contributed by atoms with Gasteiger partial charge in [-0.05, 0) is 91.9 Å². The topological polar surface area (TPSA) is 114 Å². The van der Waals surface area contributed by atoms with E-state index in [2.05, 4.69) is 28.5 Å². The smallest absolute Gasteiger partial charge is 0.264 e. The molecule has 2 aromatic carbocycles. The molecule has 2 aromatic heterocycles. The van der Waals surface area contributed by atoms with Crippen molar-refractivity contribution in [2.45, 2.75) is 45.4 Å². The Balaban J connectivity index is 1.58. The summed E-state index contributed by atoms with van der Waals surface area (Å²) in [4.78, 5) is 21.4. The average molecular weight is 517 g/mol. The van der Waals surface area contributed by atoms with Crippen molar-refractivity contribution in [1.29, 1.82) is 0 Å². The first kappa shape index (κ1) is 24.7. The van der Waals surface area contributed by atoms with Gasteiger partial charge in [-0.3, -0.25) is 4.79 Å². The number of anilines is 1. The number of aromatic hydroxyl groups is 1. The maximum absolute atomic E-state index is 13.0. The largest absolute Gasteiger partial charge is 0.508 e. The molecular formula is C28H28N4O4S. The summed E-state index contributed by atoms with van der Waals surface area (Å²) in [6.07, 6.45) is 1.15. The van der Waals surface area contributed by atoms with Gasteiger partial charge in [0.05, 0.1) is 10.6 Å². The molecule has 37 heavy (non-hydrogen) atoms. The highest BCUT2D eigenvalue weighted by atomic mass is 32.2. The van der Waals surface area contributed by atoms with Crippen LogP contribution < -0.4 is 4.72 Å². The second-order valence-electron chi connectivity index (χ2n) is 10.3. The Labute approximate surface area is 216 Å². The summed E-state index contributed by atoms with van der Waals surface area (Å²) in [6.45, 7) is 7.69. The van der Waals surface area contributed by atoms with Crippen LogP contribution in [0.3, 0.4) is 0 Å². The Hall–Kier alpha value is -3.98. The fraction of sp³-hybridized carbons (Fsp3) is 0.250. The molecule has 190 valence electrons. The number of nitrogens with one attached hydrogen (secondary N) is 1. The monoisotopic (exact) mass is 516 g/mol. The highest BCUT2D eigenvalue weighted by Crippen LogP contribution is 2.40. The molecule has 2 heterocycles. The lowest BCUT2D eigenvalue weighted by atomic mass is 9.76. The molecule has 0 fully saturated rings. The molecule has 0 unspecified atom stereocenters. The first-order valence-corrected chi connectivity index (χ1v) is 13.4. The number of nitrogens with zero attached hydrogens (tertiary/aromatic N) is 3. The minimum absolute atomic E-state index is 0.0245. The lowest BCUT2D eigenvalue weighted by Crippen LogP contribution is -2.27. The molecule has 0 spiro atoms. The maximum atomic E-state index is 13.0. The van der Waals surface area contributed by atoms with Crippen LogP contribution in [0.2, 0.25) is 0 Å². The van der Waals surface area contributed by atoms with Gasteiger partial charge in [0.2, 0.25) is 5.95 Å². The molecule has 5 rings (SSSR count). The van der Waals surface area contributed by atoms with Crippen molar-refractivity contribution < 1.29 is 18.3 Å². The van der Waals surface area contributed by atoms with Crippen LogP contribution >= 0.6 is 0 Å². The minimum atomic E-state index is -3.91. The van der Waals surface area contributed by atoms with E-state index in [1.807, 2.05) is 10.6 Å². The van der Waals surface area contributed by atoms with E-state index in [0.29, 0.717) is 29.8 Å². The molecule has 0 saturated carbocycles. The van der Waals surface area contributed by atoms with Gasteiger partial charge in [0.15, 0.2) is 5.78 Å².